The zero-order chi connectivity index (χ0) is 12.8. The number of nitrogens with zero attached hydrogens (tertiary/aromatic N) is 2. The second kappa shape index (κ2) is 6.05. The van der Waals surface area contributed by atoms with Crippen LogP contribution in [0.15, 0.2) is 30.3 Å². The van der Waals surface area contributed by atoms with E-state index in [-0.39, 0.29) is 11.9 Å². The fourth-order valence-corrected chi connectivity index (χ4v) is 1.86. The molecule has 0 N–H and O–H groups in total. The van der Waals surface area contributed by atoms with Crippen molar-refractivity contribution in [3.63, 3.8) is 0 Å². The highest BCUT2D eigenvalue weighted by molar-refractivity contribution is 5.86. The van der Waals surface area contributed by atoms with Crippen LogP contribution in [-0.4, -0.2) is 23.4 Å². The Kier molecular flexibility index (Phi) is 4.71. The highest BCUT2D eigenvalue weighted by Gasteiger charge is 2.26. The number of likely N-dealkylation sites (N-methyl/N-ethyl adjacent to an activating group) is 1. The van der Waals surface area contributed by atoms with E-state index in [2.05, 4.69) is 6.07 Å². The summed E-state index contributed by atoms with van der Waals surface area (Å²) in [6, 6.07) is 11.4. The average molecular weight is 230 g/mol. The molecule has 0 spiro atoms. The predicted molar refractivity (Wildman–Crippen MR) is 67.3 cm³/mol. The molecule has 3 heteroatoms. The first-order chi connectivity index (χ1) is 8.11. The van der Waals surface area contributed by atoms with Gasteiger partial charge < -0.3 is 4.90 Å². The molecule has 0 saturated carbocycles. The quantitative estimate of drug-likeness (QED) is 0.797. The summed E-state index contributed by atoms with van der Waals surface area (Å²) in [6.07, 6.45) is 0. The van der Waals surface area contributed by atoms with Crippen LogP contribution in [-0.2, 0) is 4.79 Å². The molecule has 0 aliphatic rings. The summed E-state index contributed by atoms with van der Waals surface area (Å²) in [7, 11) is 0. The minimum absolute atomic E-state index is 0.115. The molecule has 0 heterocycles. The minimum Gasteiger partial charge on any atom is -0.339 e. The Morgan fingerprint density at radius 3 is 2.35 bits per heavy atom. The van der Waals surface area contributed by atoms with E-state index in [0.717, 1.165) is 5.56 Å². The third-order valence-corrected chi connectivity index (χ3v) is 2.76. The Bertz CT molecular complexity index is 406. The smallest absolute Gasteiger partial charge is 0.244 e. The van der Waals surface area contributed by atoms with Gasteiger partial charge >= 0.3 is 0 Å². The van der Waals surface area contributed by atoms with Gasteiger partial charge in [-0.05, 0) is 26.3 Å². The van der Waals surface area contributed by atoms with Crippen LogP contribution in [0.3, 0.4) is 0 Å². The molecule has 0 saturated heterocycles. The SMILES string of the molecule is CCN(C(=O)C(C#N)c1ccccc1)C(C)C. The highest BCUT2D eigenvalue weighted by Crippen LogP contribution is 2.18. The topological polar surface area (TPSA) is 44.1 Å². The summed E-state index contributed by atoms with van der Waals surface area (Å²) < 4.78 is 0. The van der Waals surface area contributed by atoms with Crippen LogP contribution >= 0.6 is 0 Å². The van der Waals surface area contributed by atoms with Crippen molar-refractivity contribution in [2.75, 3.05) is 6.54 Å². The van der Waals surface area contributed by atoms with Crippen molar-refractivity contribution >= 4 is 5.91 Å². The van der Waals surface area contributed by atoms with E-state index in [1.165, 1.54) is 0 Å². The lowest BCUT2D eigenvalue weighted by Crippen LogP contribution is -2.39. The number of carbonyl (C=O) groups excluding carboxylic acids is 1. The molecule has 0 aliphatic heterocycles. The number of amides is 1. The third kappa shape index (κ3) is 3.07. The van der Waals surface area contributed by atoms with Crippen molar-refractivity contribution < 1.29 is 4.79 Å². The van der Waals surface area contributed by atoms with Gasteiger partial charge in [-0.2, -0.15) is 5.26 Å². The predicted octanol–water partition coefficient (Wildman–Crippen LogP) is 2.55. The van der Waals surface area contributed by atoms with Crippen molar-refractivity contribution in [2.24, 2.45) is 0 Å². The molecule has 90 valence electrons. The van der Waals surface area contributed by atoms with E-state index < -0.39 is 5.92 Å². The molecule has 3 nitrogen and oxygen atoms in total. The lowest BCUT2D eigenvalue weighted by atomic mass is 9.98. The highest BCUT2D eigenvalue weighted by atomic mass is 16.2. The lowest BCUT2D eigenvalue weighted by molar-refractivity contribution is -0.132. The molecule has 0 aromatic heterocycles. The minimum atomic E-state index is -0.696. The summed E-state index contributed by atoms with van der Waals surface area (Å²) in [6.45, 7) is 6.47. The summed E-state index contributed by atoms with van der Waals surface area (Å²) in [5.74, 6) is -0.810. The molecule has 0 bridgehead atoms. The van der Waals surface area contributed by atoms with Gasteiger partial charge in [-0.1, -0.05) is 30.3 Å². The number of nitriles is 1. The van der Waals surface area contributed by atoms with Crippen LogP contribution < -0.4 is 0 Å². The van der Waals surface area contributed by atoms with Crippen molar-refractivity contribution in [2.45, 2.75) is 32.7 Å². The Hall–Kier alpha value is -1.82. The van der Waals surface area contributed by atoms with E-state index in [1.807, 2.05) is 51.1 Å². The van der Waals surface area contributed by atoms with E-state index in [9.17, 15) is 10.1 Å². The van der Waals surface area contributed by atoms with Crippen molar-refractivity contribution in [1.82, 2.24) is 4.90 Å². The van der Waals surface area contributed by atoms with Crippen molar-refractivity contribution in [1.29, 1.82) is 5.26 Å². The summed E-state index contributed by atoms with van der Waals surface area (Å²) in [4.78, 5) is 14.0. The van der Waals surface area contributed by atoms with Gasteiger partial charge in [0.1, 0.15) is 5.92 Å². The zero-order valence-corrected chi connectivity index (χ0v) is 10.6. The van der Waals surface area contributed by atoms with Crippen LogP contribution in [0.2, 0.25) is 0 Å². The van der Waals surface area contributed by atoms with Crippen LogP contribution in [0.25, 0.3) is 0 Å². The number of hydrogen-bond acceptors (Lipinski definition) is 2. The monoisotopic (exact) mass is 230 g/mol. The maximum atomic E-state index is 12.3. The lowest BCUT2D eigenvalue weighted by Gasteiger charge is -2.27. The second-order valence-electron chi connectivity index (χ2n) is 4.19. The maximum absolute atomic E-state index is 12.3. The molecule has 1 amide bonds. The number of benzene rings is 1. The molecule has 1 atom stereocenters. The van der Waals surface area contributed by atoms with Gasteiger partial charge in [0.05, 0.1) is 6.07 Å². The fraction of sp³-hybridized carbons (Fsp3) is 0.429. The van der Waals surface area contributed by atoms with E-state index in [0.29, 0.717) is 6.54 Å². The molecular weight excluding hydrogens is 212 g/mol. The molecular formula is C14H18N2O. The first kappa shape index (κ1) is 13.2. The molecule has 1 unspecified atom stereocenters. The number of rotatable bonds is 4. The Balaban J connectivity index is 2.97. The second-order valence-corrected chi connectivity index (χ2v) is 4.19. The third-order valence-electron chi connectivity index (χ3n) is 2.76. The first-order valence-corrected chi connectivity index (χ1v) is 5.86. The first-order valence-electron chi connectivity index (χ1n) is 5.86. The molecule has 17 heavy (non-hydrogen) atoms. The van der Waals surface area contributed by atoms with Gasteiger partial charge in [0.2, 0.25) is 5.91 Å². The van der Waals surface area contributed by atoms with Crippen LogP contribution in [0.1, 0.15) is 32.3 Å². The Morgan fingerprint density at radius 2 is 1.94 bits per heavy atom. The van der Waals surface area contributed by atoms with Crippen LogP contribution in [0.4, 0.5) is 0 Å². The normalized spacial score (nSPS) is 11.9. The van der Waals surface area contributed by atoms with E-state index in [1.54, 1.807) is 4.90 Å². The molecule has 1 aromatic rings. The molecule has 1 rings (SSSR count). The standard InChI is InChI=1S/C14H18N2O/c1-4-16(11(2)3)14(17)13(10-15)12-8-6-5-7-9-12/h5-9,11,13H,4H2,1-3H3. The molecule has 0 radical (unpaired) electrons. The molecule has 0 fully saturated rings. The largest absolute Gasteiger partial charge is 0.339 e. The summed E-state index contributed by atoms with van der Waals surface area (Å²) in [5, 5.41) is 9.18. The van der Waals surface area contributed by atoms with Gasteiger partial charge in [0, 0.05) is 12.6 Å². The summed E-state index contributed by atoms with van der Waals surface area (Å²) >= 11 is 0. The zero-order valence-electron chi connectivity index (χ0n) is 10.6. The fourth-order valence-electron chi connectivity index (χ4n) is 1.86. The molecule has 0 aliphatic carbocycles. The van der Waals surface area contributed by atoms with Gasteiger partial charge in [-0.25, -0.2) is 0 Å². The van der Waals surface area contributed by atoms with Crippen LogP contribution in [0.5, 0.6) is 0 Å². The van der Waals surface area contributed by atoms with Gasteiger partial charge in [0.15, 0.2) is 0 Å². The average Bonchev–Trinajstić information content (AvgIpc) is 2.31. The number of carbonyl (C=O) groups is 1. The Labute approximate surface area is 103 Å². The summed E-state index contributed by atoms with van der Waals surface area (Å²) in [5.41, 5.74) is 0.763. The Morgan fingerprint density at radius 1 is 1.35 bits per heavy atom. The van der Waals surface area contributed by atoms with Gasteiger partial charge in [-0.15, -0.1) is 0 Å². The van der Waals surface area contributed by atoms with Crippen LogP contribution in [0, 0.1) is 11.3 Å². The van der Waals surface area contributed by atoms with E-state index in [4.69, 9.17) is 0 Å². The van der Waals surface area contributed by atoms with Crippen molar-refractivity contribution in [3.8, 4) is 6.07 Å². The van der Waals surface area contributed by atoms with Gasteiger partial charge in [0.25, 0.3) is 0 Å². The molecule has 1 aromatic carbocycles. The van der Waals surface area contributed by atoms with Crippen molar-refractivity contribution in [3.05, 3.63) is 35.9 Å². The maximum Gasteiger partial charge on any atom is 0.244 e. The van der Waals surface area contributed by atoms with E-state index >= 15 is 0 Å². The number of hydrogen-bond donors (Lipinski definition) is 0. The van der Waals surface area contributed by atoms with Gasteiger partial charge in [-0.3, -0.25) is 4.79 Å².